The quantitative estimate of drug-likeness (QED) is 0.439. The van der Waals surface area contributed by atoms with Gasteiger partial charge < -0.3 is 25.4 Å². The molecule has 9 heteroatoms. The van der Waals surface area contributed by atoms with E-state index in [1.165, 1.54) is 6.92 Å². The number of hydrogen-bond donors (Lipinski definition) is 3. The first-order valence-corrected chi connectivity index (χ1v) is 12.2. The number of para-hydroxylation sites is 1. The van der Waals surface area contributed by atoms with Crippen molar-refractivity contribution in [2.24, 2.45) is 5.92 Å². The van der Waals surface area contributed by atoms with Crippen molar-refractivity contribution in [2.75, 3.05) is 11.9 Å². The van der Waals surface area contributed by atoms with Gasteiger partial charge in [-0.1, -0.05) is 37.7 Å². The topological polar surface area (TPSA) is 106 Å². The van der Waals surface area contributed by atoms with E-state index in [-0.39, 0.29) is 17.7 Å². The lowest BCUT2D eigenvalue weighted by atomic mass is 10.0. The molecule has 8 nitrogen and oxygen atoms in total. The van der Waals surface area contributed by atoms with Gasteiger partial charge in [0.25, 0.3) is 5.91 Å². The van der Waals surface area contributed by atoms with E-state index in [0.717, 1.165) is 21.2 Å². The van der Waals surface area contributed by atoms with Crippen molar-refractivity contribution in [1.29, 1.82) is 0 Å². The maximum atomic E-state index is 13.1. The van der Waals surface area contributed by atoms with Crippen molar-refractivity contribution in [3.63, 3.8) is 0 Å². The van der Waals surface area contributed by atoms with E-state index < -0.39 is 24.3 Å². The molecule has 2 aromatic carbocycles. The van der Waals surface area contributed by atoms with Crippen molar-refractivity contribution in [3.05, 3.63) is 48.0 Å². The Morgan fingerprint density at radius 2 is 1.91 bits per heavy atom. The number of esters is 1. The Balaban J connectivity index is 1.45. The normalized spacial score (nSPS) is 19.4. The smallest absolute Gasteiger partial charge is 0.305 e. The Morgan fingerprint density at radius 3 is 2.68 bits per heavy atom. The molecule has 0 saturated carbocycles. The Bertz CT molecular complexity index is 1090. The van der Waals surface area contributed by atoms with Crippen LogP contribution in [-0.2, 0) is 19.1 Å². The van der Waals surface area contributed by atoms with Gasteiger partial charge in [0.15, 0.2) is 0 Å². The van der Waals surface area contributed by atoms with E-state index in [1.807, 2.05) is 44.2 Å². The van der Waals surface area contributed by atoms with Crippen molar-refractivity contribution in [2.45, 2.75) is 61.8 Å². The fourth-order valence-corrected chi connectivity index (χ4v) is 4.96. The largest absolute Gasteiger partial charge is 0.434 e. The predicted octanol–water partition coefficient (Wildman–Crippen LogP) is 3.83. The second-order valence-corrected chi connectivity index (χ2v) is 9.93. The van der Waals surface area contributed by atoms with Crippen LogP contribution in [0.25, 0.3) is 0 Å². The molecule has 0 aliphatic carbocycles. The van der Waals surface area contributed by atoms with Gasteiger partial charge in [0.05, 0.1) is 24.0 Å². The predicted molar refractivity (Wildman–Crippen MR) is 129 cm³/mol. The summed E-state index contributed by atoms with van der Waals surface area (Å²) in [6.45, 7) is 5.66. The molecule has 2 amide bonds. The first kappa shape index (κ1) is 24.1. The highest BCUT2D eigenvalue weighted by Gasteiger charge is 2.34. The monoisotopic (exact) mass is 483 g/mol. The molecule has 0 aromatic heterocycles. The van der Waals surface area contributed by atoms with Crippen molar-refractivity contribution >= 4 is 40.9 Å². The van der Waals surface area contributed by atoms with Gasteiger partial charge in [-0.05, 0) is 49.1 Å². The minimum atomic E-state index is -0.816. The summed E-state index contributed by atoms with van der Waals surface area (Å²) in [5.74, 6) is -0.943. The molecule has 1 fully saturated rings. The molecule has 2 heterocycles. The summed E-state index contributed by atoms with van der Waals surface area (Å²) in [5, 5.41) is 9.15. The minimum absolute atomic E-state index is 0.179. The number of benzene rings is 2. The summed E-state index contributed by atoms with van der Waals surface area (Å²) in [7, 11) is 0. The molecule has 2 aromatic rings. The Kier molecular flexibility index (Phi) is 7.43. The van der Waals surface area contributed by atoms with E-state index in [0.29, 0.717) is 25.0 Å². The van der Waals surface area contributed by atoms with Gasteiger partial charge in [0, 0.05) is 22.3 Å². The van der Waals surface area contributed by atoms with Gasteiger partial charge in [-0.2, -0.15) is 0 Å². The van der Waals surface area contributed by atoms with E-state index in [1.54, 1.807) is 23.9 Å². The van der Waals surface area contributed by atoms with Gasteiger partial charge in [0.2, 0.25) is 12.2 Å². The summed E-state index contributed by atoms with van der Waals surface area (Å²) in [6, 6.07) is 12.3. The van der Waals surface area contributed by atoms with Crippen LogP contribution in [0.2, 0.25) is 0 Å². The molecular weight excluding hydrogens is 454 g/mol. The maximum absolute atomic E-state index is 13.1. The molecule has 4 rings (SSSR count). The van der Waals surface area contributed by atoms with E-state index >= 15 is 0 Å². The lowest BCUT2D eigenvalue weighted by molar-refractivity contribution is -0.170. The molecule has 3 N–H and O–H groups in total. The van der Waals surface area contributed by atoms with Gasteiger partial charge in [0.1, 0.15) is 6.04 Å². The number of carbonyl (C=O) groups is 3. The molecule has 34 heavy (non-hydrogen) atoms. The zero-order chi connectivity index (χ0) is 24.2. The second-order valence-electron chi connectivity index (χ2n) is 8.84. The zero-order valence-corrected chi connectivity index (χ0v) is 20.2. The minimum Gasteiger partial charge on any atom is -0.434 e. The van der Waals surface area contributed by atoms with Crippen LogP contribution in [0, 0.1) is 5.92 Å². The van der Waals surface area contributed by atoms with Gasteiger partial charge in [-0.15, -0.1) is 0 Å². The van der Waals surface area contributed by atoms with Crippen molar-refractivity contribution in [1.82, 2.24) is 10.6 Å². The highest BCUT2D eigenvalue weighted by Crippen LogP contribution is 2.44. The average Bonchev–Trinajstić information content (AvgIpc) is 3.22. The summed E-state index contributed by atoms with van der Waals surface area (Å²) in [5.41, 5.74) is 2.32. The first-order chi connectivity index (χ1) is 16.3. The maximum Gasteiger partial charge on any atom is 0.305 e. The molecule has 3 atom stereocenters. The Hall–Kier alpha value is -3.04. The van der Waals surface area contributed by atoms with Gasteiger partial charge >= 0.3 is 5.97 Å². The van der Waals surface area contributed by atoms with Crippen LogP contribution in [0.1, 0.15) is 44.0 Å². The number of nitrogens with one attached hydrogen (secondary N) is 3. The Labute approximate surface area is 203 Å². The standard InChI is InChI=1S/C25H29N3O5S/c1-14(2)12-20(24(31)27-18-10-11-32-25(18)33-15(3)29)28-23(30)16-8-9-22-19(13-16)26-17-6-4-5-7-21(17)34-22/h4-9,13-14,18,20,25-26H,10-12H2,1-3H3,(H,27,31)(H,28,30)/t18-,20-,25+/m0/s1. The molecular formula is C25H29N3O5S. The number of anilines is 2. The third-order valence-electron chi connectivity index (χ3n) is 5.60. The molecule has 1 saturated heterocycles. The van der Waals surface area contributed by atoms with Crippen molar-refractivity contribution < 1.29 is 23.9 Å². The summed E-state index contributed by atoms with van der Waals surface area (Å²) in [6.07, 6.45) is 0.182. The summed E-state index contributed by atoms with van der Waals surface area (Å²) in [4.78, 5) is 39.6. The lowest BCUT2D eigenvalue weighted by Gasteiger charge is -2.25. The highest BCUT2D eigenvalue weighted by molar-refractivity contribution is 7.99. The molecule has 0 bridgehead atoms. The van der Waals surface area contributed by atoms with Crippen LogP contribution in [0.15, 0.2) is 52.3 Å². The molecule has 0 radical (unpaired) electrons. The first-order valence-electron chi connectivity index (χ1n) is 11.4. The number of fused-ring (bicyclic) bond motifs is 2. The second kappa shape index (κ2) is 10.5. The number of carbonyl (C=O) groups excluding carboxylic acids is 3. The molecule has 0 unspecified atom stereocenters. The number of rotatable bonds is 7. The van der Waals surface area contributed by atoms with Crippen LogP contribution in [-0.4, -0.2) is 42.8 Å². The molecule has 2 aliphatic rings. The average molecular weight is 484 g/mol. The SMILES string of the molecule is CC(=O)O[C@H]1OCC[C@@H]1NC(=O)[C@H](CC(C)C)NC(=O)c1ccc2c(c1)Nc1ccccc1S2. The number of ether oxygens (including phenoxy) is 2. The molecule has 0 spiro atoms. The molecule has 2 aliphatic heterocycles. The summed E-state index contributed by atoms with van der Waals surface area (Å²) < 4.78 is 10.6. The van der Waals surface area contributed by atoms with Crippen LogP contribution in [0.4, 0.5) is 11.4 Å². The fourth-order valence-electron chi connectivity index (χ4n) is 3.99. The van der Waals surface area contributed by atoms with E-state index in [4.69, 9.17) is 9.47 Å². The van der Waals surface area contributed by atoms with Crippen molar-refractivity contribution in [3.8, 4) is 0 Å². The third kappa shape index (κ3) is 5.71. The lowest BCUT2D eigenvalue weighted by Crippen LogP contribution is -2.52. The van der Waals surface area contributed by atoms with E-state index in [9.17, 15) is 14.4 Å². The van der Waals surface area contributed by atoms with Crippen LogP contribution >= 0.6 is 11.8 Å². The van der Waals surface area contributed by atoms with Gasteiger partial charge in [-0.25, -0.2) is 0 Å². The summed E-state index contributed by atoms with van der Waals surface area (Å²) >= 11 is 1.65. The fraction of sp³-hybridized carbons (Fsp3) is 0.400. The number of hydrogen-bond acceptors (Lipinski definition) is 7. The van der Waals surface area contributed by atoms with Crippen LogP contribution in [0.5, 0.6) is 0 Å². The zero-order valence-electron chi connectivity index (χ0n) is 19.4. The highest BCUT2D eigenvalue weighted by atomic mass is 32.2. The van der Waals surface area contributed by atoms with Crippen LogP contribution in [0.3, 0.4) is 0 Å². The molecule has 180 valence electrons. The number of amides is 2. The van der Waals surface area contributed by atoms with Gasteiger partial charge in [-0.3, -0.25) is 14.4 Å². The van der Waals surface area contributed by atoms with Crippen LogP contribution < -0.4 is 16.0 Å². The third-order valence-corrected chi connectivity index (χ3v) is 6.75. The Morgan fingerprint density at radius 1 is 1.15 bits per heavy atom. The van der Waals surface area contributed by atoms with E-state index in [2.05, 4.69) is 16.0 Å².